The van der Waals surface area contributed by atoms with Crippen LogP contribution in [0, 0.1) is 17.1 Å². The molecule has 1 saturated heterocycles. The first-order valence-electron chi connectivity index (χ1n) is 12.5. The molecule has 0 saturated carbocycles. The number of hydrogen-bond acceptors (Lipinski definition) is 6. The number of pyridine rings is 1. The van der Waals surface area contributed by atoms with E-state index in [0.29, 0.717) is 54.1 Å². The highest BCUT2D eigenvalue weighted by Crippen LogP contribution is 2.25. The molecule has 198 valence electrons. The number of piperidine rings is 1. The Morgan fingerprint density at radius 3 is 2.74 bits per heavy atom. The molecule has 1 aliphatic heterocycles. The monoisotopic (exact) mass is 535 g/mol. The molecule has 0 aliphatic carbocycles. The highest BCUT2D eigenvalue weighted by molar-refractivity contribution is 7.88. The van der Waals surface area contributed by atoms with E-state index in [-0.39, 0.29) is 24.3 Å². The summed E-state index contributed by atoms with van der Waals surface area (Å²) in [6, 6.07) is 18.6. The van der Waals surface area contributed by atoms with Crippen LogP contribution in [0.25, 0.3) is 11.3 Å². The summed E-state index contributed by atoms with van der Waals surface area (Å²) in [4.78, 5) is 17.9. The van der Waals surface area contributed by atoms with Crippen molar-refractivity contribution in [3.05, 3.63) is 83.2 Å². The summed E-state index contributed by atoms with van der Waals surface area (Å²) in [5, 5.41) is 15.6. The molecule has 1 aliphatic rings. The van der Waals surface area contributed by atoms with Crippen molar-refractivity contribution in [1.29, 1.82) is 5.26 Å². The van der Waals surface area contributed by atoms with Gasteiger partial charge in [-0.05, 0) is 55.2 Å². The summed E-state index contributed by atoms with van der Waals surface area (Å²) >= 11 is 0. The smallest absolute Gasteiger partial charge is 0.255 e. The van der Waals surface area contributed by atoms with E-state index in [0.717, 1.165) is 18.4 Å². The van der Waals surface area contributed by atoms with Gasteiger partial charge in [0.1, 0.15) is 11.6 Å². The Kier molecular flexibility index (Phi) is 8.71. The first-order valence-corrected chi connectivity index (χ1v) is 14.3. The maximum absolute atomic E-state index is 13.6. The van der Waals surface area contributed by atoms with E-state index in [9.17, 15) is 22.9 Å². The van der Waals surface area contributed by atoms with Crippen LogP contribution in [0.4, 0.5) is 10.2 Å². The van der Waals surface area contributed by atoms with Gasteiger partial charge in [-0.15, -0.1) is 0 Å². The lowest BCUT2D eigenvalue weighted by Gasteiger charge is -2.33. The fraction of sp³-hybridized carbons (Fsp3) is 0.321. The second kappa shape index (κ2) is 12.2. The number of hydrogen-bond donors (Lipinski definition) is 2. The van der Waals surface area contributed by atoms with E-state index in [2.05, 4.69) is 21.7 Å². The number of amides is 1. The van der Waals surface area contributed by atoms with Gasteiger partial charge in [0, 0.05) is 31.2 Å². The predicted octanol–water partition coefficient (Wildman–Crippen LogP) is 3.96. The van der Waals surface area contributed by atoms with E-state index >= 15 is 0 Å². The van der Waals surface area contributed by atoms with Gasteiger partial charge >= 0.3 is 0 Å². The fourth-order valence-electron chi connectivity index (χ4n) is 4.67. The second-order valence-corrected chi connectivity index (χ2v) is 11.2. The standard InChI is InChI=1S/C28H30FN5O3S/c1-38(36,37)34-16-5-4-10-23(34)19-32-28(35)25-12-13-26(24-11-3-2-8-21(24)18-30)33-27(25)31-15-14-20-7-6-9-22(29)17-20/h2-3,6-9,11-13,17,23H,4-5,10,14-16,19H2,1H3,(H,31,33)(H,32,35)/t23-/m0/s1. The van der Waals surface area contributed by atoms with Gasteiger partial charge in [-0.3, -0.25) is 4.79 Å². The minimum absolute atomic E-state index is 0.188. The number of aromatic nitrogens is 1. The van der Waals surface area contributed by atoms with Crippen LogP contribution < -0.4 is 10.6 Å². The zero-order chi connectivity index (χ0) is 27.1. The van der Waals surface area contributed by atoms with Crippen molar-refractivity contribution in [3.63, 3.8) is 0 Å². The zero-order valence-electron chi connectivity index (χ0n) is 21.2. The van der Waals surface area contributed by atoms with Gasteiger partial charge < -0.3 is 10.6 Å². The predicted molar refractivity (Wildman–Crippen MR) is 145 cm³/mol. The van der Waals surface area contributed by atoms with Crippen LogP contribution in [0.5, 0.6) is 0 Å². The van der Waals surface area contributed by atoms with E-state index in [1.165, 1.54) is 22.7 Å². The average Bonchev–Trinajstić information content (AvgIpc) is 2.91. The highest BCUT2D eigenvalue weighted by atomic mass is 32.2. The Balaban J connectivity index is 1.56. The zero-order valence-corrected chi connectivity index (χ0v) is 22.0. The molecule has 1 atom stereocenters. The Morgan fingerprint density at radius 1 is 1.16 bits per heavy atom. The molecular weight excluding hydrogens is 505 g/mol. The first-order chi connectivity index (χ1) is 18.3. The van der Waals surface area contributed by atoms with Crippen LogP contribution in [0.15, 0.2) is 60.7 Å². The number of rotatable bonds is 9. The van der Waals surface area contributed by atoms with Gasteiger partial charge in [-0.25, -0.2) is 17.8 Å². The molecule has 1 aromatic heterocycles. The van der Waals surface area contributed by atoms with Crippen molar-refractivity contribution in [2.24, 2.45) is 0 Å². The number of anilines is 1. The quantitative estimate of drug-likeness (QED) is 0.429. The number of nitriles is 1. The molecule has 3 aromatic rings. The molecule has 0 radical (unpaired) electrons. The Morgan fingerprint density at radius 2 is 1.97 bits per heavy atom. The van der Waals surface area contributed by atoms with Gasteiger partial charge in [0.25, 0.3) is 5.91 Å². The Labute approximate surface area is 222 Å². The van der Waals surface area contributed by atoms with Crippen LogP contribution in [-0.4, -0.2) is 55.5 Å². The van der Waals surface area contributed by atoms with Crippen molar-refractivity contribution in [2.45, 2.75) is 31.7 Å². The van der Waals surface area contributed by atoms with Crippen molar-refractivity contribution in [3.8, 4) is 17.3 Å². The van der Waals surface area contributed by atoms with Crippen molar-refractivity contribution < 1.29 is 17.6 Å². The number of benzene rings is 2. The first kappa shape index (κ1) is 27.2. The summed E-state index contributed by atoms with van der Waals surface area (Å²) in [5.74, 6) is -0.376. The molecule has 2 N–H and O–H groups in total. The van der Waals surface area contributed by atoms with E-state index in [1.54, 1.807) is 36.4 Å². The van der Waals surface area contributed by atoms with Crippen molar-refractivity contribution >= 4 is 21.7 Å². The Bertz CT molecular complexity index is 1450. The number of nitrogens with one attached hydrogen (secondary N) is 2. The molecule has 1 amide bonds. The summed E-state index contributed by atoms with van der Waals surface area (Å²) in [7, 11) is -3.38. The molecule has 0 spiro atoms. The molecule has 8 nitrogen and oxygen atoms in total. The van der Waals surface area contributed by atoms with Crippen LogP contribution in [0.3, 0.4) is 0 Å². The van der Waals surface area contributed by atoms with E-state index in [4.69, 9.17) is 0 Å². The van der Waals surface area contributed by atoms with Crippen LogP contribution in [0.1, 0.15) is 40.7 Å². The SMILES string of the molecule is CS(=O)(=O)N1CCCC[C@H]1CNC(=O)c1ccc(-c2ccccc2C#N)nc1NCCc1cccc(F)c1. The van der Waals surface area contributed by atoms with E-state index in [1.807, 2.05) is 12.1 Å². The lowest BCUT2D eigenvalue weighted by Crippen LogP contribution is -2.49. The molecule has 1 fully saturated rings. The largest absolute Gasteiger partial charge is 0.369 e. The molecule has 2 aromatic carbocycles. The second-order valence-electron chi connectivity index (χ2n) is 9.29. The third kappa shape index (κ3) is 6.73. The van der Waals surface area contributed by atoms with Gasteiger partial charge in [0.2, 0.25) is 10.0 Å². The molecule has 0 unspecified atom stereocenters. The number of carbonyl (C=O) groups excluding carboxylic acids is 1. The summed E-state index contributed by atoms with van der Waals surface area (Å²) in [6.45, 7) is 1.03. The van der Waals surface area contributed by atoms with Crippen LogP contribution in [0.2, 0.25) is 0 Å². The average molecular weight is 536 g/mol. The minimum atomic E-state index is -3.38. The Hall–Kier alpha value is -3.81. The molecule has 2 heterocycles. The fourth-order valence-corrected chi connectivity index (χ4v) is 5.85. The molecule has 38 heavy (non-hydrogen) atoms. The van der Waals surface area contributed by atoms with Gasteiger partial charge in [-0.1, -0.05) is 36.8 Å². The lowest BCUT2D eigenvalue weighted by molar-refractivity contribution is 0.0940. The van der Waals surface area contributed by atoms with Gasteiger partial charge in [-0.2, -0.15) is 9.57 Å². The molecule has 4 rings (SSSR count). The van der Waals surface area contributed by atoms with Gasteiger partial charge in [0.05, 0.1) is 29.1 Å². The van der Waals surface area contributed by atoms with Crippen molar-refractivity contribution in [2.75, 3.05) is 31.2 Å². The number of sulfonamides is 1. The summed E-state index contributed by atoms with van der Waals surface area (Å²) in [6.07, 6.45) is 4.06. The topological polar surface area (TPSA) is 115 Å². The third-order valence-corrected chi connectivity index (χ3v) is 7.89. The highest BCUT2D eigenvalue weighted by Gasteiger charge is 2.29. The molecule has 10 heteroatoms. The van der Waals surface area contributed by atoms with Crippen molar-refractivity contribution in [1.82, 2.24) is 14.6 Å². The number of halogens is 1. The molecular formula is C28H30FN5O3S. The van der Waals surface area contributed by atoms with Crippen LogP contribution >= 0.6 is 0 Å². The van der Waals surface area contributed by atoms with Crippen LogP contribution in [-0.2, 0) is 16.4 Å². The summed E-state index contributed by atoms with van der Waals surface area (Å²) in [5.41, 5.74) is 2.72. The normalized spacial score (nSPS) is 16.0. The third-order valence-electron chi connectivity index (χ3n) is 6.56. The number of carbonyl (C=O) groups is 1. The minimum Gasteiger partial charge on any atom is -0.369 e. The molecule has 0 bridgehead atoms. The number of nitrogens with zero attached hydrogens (tertiary/aromatic N) is 3. The lowest BCUT2D eigenvalue weighted by atomic mass is 10.0. The summed E-state index contributed by atoms with van der Waals surface area (Å²) < 4.78 is 39.4. The maximum Gasteiger partial charge on any atom is 0.255 e. The van der Waals surface area contributed by atoms with E-state index < -0.39 is 10.0 Å². The maximum atomic E-state index is 13.6. The van der Waals surface area contributed by atoms with Gasteiger partial charge in [0.15, 0.2) is 0 Å².